The van der Waals surface area contributed by atoms with E-state index in [1.54, 1.807) is 0 Å². The molecule has 0 fully saturated rings. The van der Waals surface area contributed by atoms with Crippen molar-refractivity contribution in [3.05, 3.63) is 23.1 Å². The van der Waals surface area contributed by atoms with Crippen LogP contribution in [0.5, 0.6) is 0 Å². The van der Waals surface area contributed by atoms with Gasteiger partial charge in [-0.25, -0.2) is 0 Å². The van der Waals surface area contributed by atoms with Gasteiger partial charge in [-0.1, -0.05) is 11.6 Å². The molecule has 4 heteroatoms. The number of carbonyl (C=O) groups excluding carboxylic acids is 1. The van der Waals surface area contributed by atoms with Crippen molar-refractivity contribution in [2.24, 2.45) is 5.73 Å². The van der Waals surface area contributed by atoms with Crippen LogP contribution in [0, 0.1) is 0 Å². The van der Waals surface area contributed by atoms with E-state index < -0.39 is 5.91 Å². The highest BCUT2D eigenvalue weighted by molar-refractivity contribution is 6.33. The Morgan fingerprint density at radius 1 is 1.67 bits per heavy atom. The third kappa shape index (κ3) is 1.05. The summed E-state index contributed by atoms with van der Waals surface area (Å²) in [6, 6.07) is 0. The summed E-state index contributed by atoms with van der Waals surface area (Å²) >= 11 is 5.44. The summed E-state index contributed by atoms with van der Waals surface area (Å²) in [6.45, 7) is 0. The molecule has 0 aliphatic carbocycles. The molecule has 9 heavy (non-hydrogen) atoms. The molecule has 0 saturated carbocycles. The molecular weight excluding hydrogens is 142 g/mol. The minimum absolute atomic E-state index is 0.219. The summed E-state index contributed by atoms with van der Waals surface area (Å²) in [7, 11) is 0. The van der Waals surface area contributed by atoms with Crippen LogP contribution in [-0.2, 0) is 0 Å². The second kappa shape index (κ2) is 2.11. The first-order chi connectivity index (χ1) is 4.22. The fourth-order valence-corrected chi connectivity index (χ4v) is 0.646. The van der Waals surface area contributed by atoms with E-state index in [2.05, 4.69) is 4.42 Å². The Labute approximate surface area is 56.4 Å². The van der Waals surface area contributed by atoms with Crippen LogP contribution in [0.1, 0.15) is 10.4 Å². The lowest BCUT2D eigenvalue weighted by atomic mass is 10.3. The lowest BCUT2D eigenvalue weighted by Crippen LogP contribution is -2.09. The van der Waals surface area contributed by atoms with Gasteiger partial charge in [-0.3, -0.25) is 4.79 Å². The summed E-state index contributed by atoms with van der Waals surface area (Å²) in [5.41, 5.74) is 5.09. The largest absolute Gasteiger partial charge is 0.470 e. The number of furan rings is 1. The molecule has 0 bridgehead atoms. The van der Waals surface area contributed by atoms with Gasteiger partial charge < -0.3 is 10.2 Å². The molecule has 3 nitrogen and oxygen atoms in total. The predicted molar refractivity (Wildman–Crippen MR) is 32.2 cm³/mol. The fraction of sp³-hybridized carbons (Fsp3) is 0. The lowest BCUT2D eigenvalue weighted by molar-refractivity contribution is 0.1000. The van der Waals surface area contributed by atoms with E-state index in [1.807, 2.05) is 0 Å². The highest BCUT2D eigenvalue weighted by Gasteiger charge is 2.06. The van der Waals surface area contributed by atoms with Gasteiger partial charge in [0, 0.05) is 0 Å². The van der Waals surface area contributed by atoms with Crippen molar-refractivity contribution in [2.45, 2.75) is 0 Å². The first-order valence-corrected chi connectivity index (χ1v) is 2.61. The van der Waals surface area contributed by atoms with Crippen LogP contribution in [-0.4, -0.2) is 5.91 Å². The van der Waals surface area contributed by atoms with Crippen molar-refractivity contribution in [3.63, 3.8) is 0 Å². The quantitative estimate of drug-likeness (QED) is 0.642. The normalized spacial score (nSPS) is 9.44. The Morgan fingerprint density at radius 2 is 2.33 bits per heavy atom. The molecule has 0 atom stereocenters. The Kier molecular flexibility index (Phi) is 1.44. The zero-order chi connectivity index (χ0) is 6.85. The number of hydrogen-bond donors (Lipinski definition) is 1. The number of halogens is 1. The molecule has 0 aliphatic rings. The average molecular weight is 146 g/mol. The molecule has 0 saturated heterocycles. The molecule has 48 valence electrons. The number of carbonyl (C=O) groups is 1. The molecule has 2 N–H and O–H groups in total. The second-order valence-corrected chi connectivity index (χ2v) is 1.90. The van der Waals surface area contributed by atoms with Gasteiger partial charge in [0.2, 0.25) is 0 Å². The van der Waals surface area contributed by atoms with E-state index in [0.29, 0.717) is 0 Å². The van der Waals surface area contributed by atoms with Gasteiger partial charge in [0.05, 0.1) is 10.6 Å². The molecule has 1 aromatic rings. The fourth-order valence-electron chi connectivity index (χ4n) is 0.457. The van der Waals surface area contributed by atoms with Gasteiger partial charge >= 0.3 is 0 Å². The summed E-state index contributed by atoms with van der Waals surface area (Å²) < 4.78 is 4.57. The molecule has 0 aromatic carbocycles. The molecule has 1 amide bonds. The van der Waals surface area contributed by atoms with Crippen molar-refractivity contribution in [1.82, 2.24) is 0 Å². The molecule has 1 heterocycles. The van der Waals surface area contributed by atoms with E-state index in [9.17, 15) is 4.79 Å². The molecular formula is C5H4ClNO2. The van der Waals surface area contributed by atoms with Crippen molar-refractivity contribution in [3.8, 4) is 0 Å². The summed E-state index contributed by atoms with van der Waals surface area (Å²) in [5.74, 6) is -0.575. The highest BCUT2D eigenvalue weighted by atomic mass is 35.5. The molecule has 0 aliphatic heterocycles. The van der Waals surface area contributed by atoms with Crippen LogP contribution >= 0.6 is 11.6 Å². The maximum Gasteiger partial charge on any atom is 0.253 e. The van der Waals surface area contributed by atoms with Crippen molar-refractivity contribution in [1.29, 1.82) is 0 Å². The first kappa shape index (κ1) is 6.16. The standard InChI is InChI=1S/C5H4ClNO2/c6-4-2-9-1-3(4)5(7)8/h1-2H,(H2,7,8). The Bertz CT molecular complexity index is 231. The van der Waals surface area contributed by atoms with Crippen molar-refractivity contribution in [2.75, 3.05) is 0 Å². The van der Waals surface area contributed by atoms with Crippen LogP contribution in [0.3, 0.4) is 0 Å². The molecule has 0 radical (unpaired) electrons. The Morgan fingerprint density at radius 3 is 2.56 bits per heavy atom. The third-order valence-electron chi connectivity index (χ3n) is 0.880. The van der Waals surface area contributed by atoms with Gasteiger partial charge in [0.1, 0.15) is 12.5 Å². The predicted octanol–water partition coefficient (Wildman–Crippen LogP) is 1.03. The Hall–Kier alpha value is -0.960. The number of nitrogens with two attached hydrogens (primary N) is 1. The maximum absolute atomic E-state index is 10.4. The van der Waals surface area contributed by atoms with Gasteiger partial charge in [-0.05, 0) is 0 Å². The van der Waals surface area contributed by atoms with E-state index in [1.165, 1.54) is 12.5 Å². The van der Waals surface area contributed by atoms with E-state index in [0.717, 1.165) is 0 Å². The van der Waals surface area contributed by atoms with Crippen molar-refractivity contribution >= 4 is 17.5 Å². The van der Waals surface area contributed by atoms with Crippen LogP contribution in [0.2, 0.25) is 5.02 Å². The topological polar surface area (TPSA) is 56.2 Å². The number of primary amides is 1. The molecule has 1 rings (SSSR count). The number of hydrogen-bond acceptors (Lipinski definition) is 2. The van der Waals surface area contributed by atoms with Gasteiger partial charge in [0.25, 0.3) is 5.91 Å². The van der Waals surface area contributed by atoms with Crippen LogP contribution in [0.4, 0.5) is 0 Å². The summed E-state index contributed by atoms with van der Waals surface area (Å²) in [4.78, 5) is 10.4. The lowest BCUT2D eigenvalue weighted by Gasteiger charge is -1.83. The minimum Gasteiger partial charge on any atom is -0.470 e. The van der Waals surface area contributed by atoms with E-state index in [4.69, 9.17) is 17.3 Å². The maximum atomic E-state index is 10.4. The molecule has 0 unspecified atom stereocenters. The van der Waals surface area contributed by atoms with Gasteiger partial charge in [-0.15, -0.1) is 0 Å². The van der Waals surface area contributed by atoms with E-state index in [-0.39, 0.29) is 10.6 Å². The zero-order valence-electron chi connectivity index (χ0n) is 4.43. The smallest absolute Gasteiger partial charge is 0.253 e. The monoisotopic (exact) mass is 145 g/mol. The van der Waals surface area contributed by atoms with E-state index >= 15 is 0 Å². The minimum atomic E-state index is -0.575. The second-order valence-electron chi connectivity index (χ2n) is 1.50. The van der Waals surface area contributed by atoms with Crippen LogP contribution in [0.25, 0.3) is 0 Å². The first-order valence-electron chi connectivity index (χ1n) is 2.23. The molecule has 0 spiro atoms. The number of rotatable bonds is 1. The van der Waals surface area contributed by atoms with Crippen LogP contribution in [0.15, 0.2) is 16.9 Å². The molecule has 1 aromatic heterocycles. The van der Waals surface area contributed by atoms with Crippen molar-refractivity contribution < 1.29 is 9.21 Å². The third-order valence-corrected chi connectivity index (χ3v) is 1.17. The van der Waals surface area contributed by atoms with Crippen LogP contribution < -0.4 is 5.73 Å². The van der Waals surface area contributed by atoms with Gasteiger partial charge in [0.15, 0.2) is 0 Å². The highest BCUT2D eigenvalue weighted by Crippen LogP contribution is 2.14. The SMILES string of the molecule is NC(=O)c1cocc1Cl. The average Bonchev–Trinajstić information content (AvgIpc) is 2.13. The number of amides is 1. The summed E-state index contributed by atoms with van der Waals surface area (Å²) in [6.07, 6.45) is 2.46. The zero-order valence-corrected chi connectivity index (χ0v) is 5.18. The van der Waals surface area contributed by atoms with Gasteiger partial charge in [-0.2, -0.15) is 0 Å². The summed E-state index contributed by atoms with van der Waals surface area (Å²) in [5, 5.41) is 0.252. The Balaban J connectivity index is 3.08.